The molecule has 0 unspecified atom stereocenters. The summed E-state index contributed by atoms with van der Waals surface area (Å²) in [6.45, 7) is 6.97. The van der Waals surface area contributed by atoms with Crippen LogP contribution >= 0.6 is 0 Å². The van der Waals surface area contributed by atoms with Gasteiger partial charge in [0, 0.05) is 43.3 Å². The average Bonchev–Trinajstić information content (AvgIpc) is 3.56. The fraction of sp³-hybridized carbons (Fsp3) is 0.333. The van der Waals surface area contributed by atoms with Crippen molar-refractivity contribution in [3.63, 3.8) is 0 Å². The van der Waals surface area contributed by atoms with E-state index in [2.05, 4.69) is 37.0 Å². The zero-order valence-corrected chi connectivity index (χ0v) is 18.7. The molecule has 172 valence electrons. The summed E-state index contributed by atoms with van der Waals surface area (Å²) < 4.78 is 0. The molecule has 2 saturated heterocycles. The zero-order chi connectivity index (χ0) is 23.5. The number of carbonyl (C=O) groups excluding carboxylic acids is 1. The van der Waals surface area contributed by atoms with Crippen molar-refractivity contribution in [1.29, 1.82) is 5.26 Å². The van der Waals surface area contributed by atoms with E-state index < -0.39 is 0 Å². The molecule has 0 radical (unpaired) electrons. The fourth-order valence-corrected chi connectivity index (χ4v) is 4.38. The monoisotopic (exact) mass is 455 g/mol. The Bertz CT molecular complexity index is 1260. The molecule has 0 aliphatic carbocycles. The van der Waals surface area contributed by atoms with Gasteiger partial charge in [-0.1, -0.05) is 6.58 Å². The van der Waals surface area contributed by atoms with Gasteiger partial charge < -0.3 is 20.4 Å². The number of anilines is 4. The lowest BCUT2D eigenvalue weighted by Gasteiger charge is -2.23. The molecule has 2 aliphatic rings. The van der Waals surface area contributed by atoms with Crippen LogP contribution in [-0.2, 0) is 4.79 Å². The highest BCUT2D eigenvalue weighted by molar-refractivity contribution is 6.01. The van der Waals surface area contributed by atoms with E-state index in [9.17, 15) is 4.79 Å². The quantitative estimate of drug-likeness (QED) is 0.540. The molecule has 2 aromatic heterocycles. The normalized spacial score (nSPS) is 17.6. The number of nitrogens with zero attached hydrogens (tertiary/aromatic N) is 7. The molecular weight excluding hydrogens is 430 g/mol. The first kappa shape index (κ1) is 21.6. The number of amides is 1. The van der Waals surface area contributed by atoms with Gasteiger partial charge in [-0.05, 0) is 43.5 Å². The number of fused-ring (bicyclic) bond motifs is 1. The lowest BCUT2D eigenvalue weighted by Crippen LogP contribution is -2.28. The van der Waals surface area contributed by atoms with Gasteiger partial charge in [-0.2, -0.15) is 10.2 Å². The van der Waals surface area contributed by atoms with Crippen LogP contribution in [0.1, 0.15) is 24.8 Å². The maximum atomic E-state index is 11.8. The number of nitriles is 1. The summed E-state index contributed by atoms with van der Waals surface area (Å²) in [7, 11) is 0. The lowest BCUT2D eigenvalue weighted by atomic mass is 10.2. The molecule has 3 aromatic rings. The van der Waals surface area contributed by atoms with Crippen molar-refractivity contribution in [3.05, 3.63) is 48.8 Å². The summed E-state index contributed by atoms with van der Waals surface area (Å²) >= 11 is 0. The van der Waals surface area contributed by atoms with Crippen LogP contribution < -0.4 is 20.4 Å². The van der Waals surface area contributed by atoms with Crippen LogP contribution in [0.15, 0.2) is 43.2 Å². The van der Waals surface area contributed by atoms with Crippen molar-refractivity contribution in [2.24, 2.45) is 0 Å². The smallest absolute Gasteiger partial charge is 0.247 e. The molecule has 34 heavy (non-hydrogen) atoms. The van der Waals surface area contributed by atoms with Crippen molar-refractivity contribution in [2.45, 2.75) is 25.3 Å². The van der Waals surface area contributed by atoms with Gasteiger partial charge in [-0.3, -0.25) is 4.79 Å². The van der Waals surface area contributed by atoms with E-state index in [0.717, 1.165) is 68.1 Å². The summed E-state index contributed by atoms with van der Waals surface area (Å²) in [4.78, 5) is 34.5. The number of rotatable bonds is 6. The van der Waals surface area contributed by atoms with Crippen LogP contribution in [0, 0.1) is 11.3 Å². The van der Waals surface area contributed by atoms with Gasteiger partial charge in [0.25, 0.3) is 0 Å². The molecule has 5 rings (SSSR count). The molecule has 10 heteroatoms. The van der Waals surface area contributed by atoms with E-state index >= 15 is 0 Å². The Hall–Kier alpha value is -4.26. The summed E-state index contributed by atoms with van der Waals surface area (Å²) in [5, 5.41) is 16.1. The van der Waals surface area contributed by atoms with E-state index in [1.807, 2.05) is 24.3 Å². The van der Waals surface area contributed by atoms with Gasteiger partial charge >= 0.3 is 0 Å². The van der Waals surface area contributed by atoms with Gasteiger partial charge in [0.2, 0.25) is 17.8 Å². The fourth-order valence-electron chi connectivity index (χ4n) is 4.38. The molecule has 2 fully saturated rings. The van der Waals surface area contributed by atoms with Crippen molar-refractivity contribution in [2.75, 3.05) is 46.6 Å². The molecule has 4 heterocycles. The van der Waals surface area contributed by atoms with Crippen molar-refractivity contribution < 1.29 is 4.79 Å². The second-order valence-corrected chi connectivity index (χ2v) is 8.45. The van der Waals surface area contributed by atoms with Crippen LogP contribution in [0.25, 0.3) is 10.9 Å². The van der Waals surface area contributed by atoms with E-state index in [1.54, 1.807) is 0 Å². The third kappa shape index (κ3) is 4.45. The third-order valence-corrected chi connectivity index (χ3v) is 6.11. The van der Waals surface area contributed by atoms with Gasteiger partial charge in [-0.25, -0.2) is 15.0 Å². The first-order chi connectivity index (χ1) is 16.6. The van der Waals surface area contributed by atoms with E-state index in [1.165, 1.54) is 18.5 Å². The van der Waals surface area contributed by atoms with Gasteiger partial charge in [0.05, 0.1) is 23.5 Å². The number of hydrogen-bond donors (Lipinski definition) is 2. The van der Waals surface area contributed by atoms with Gasteiger partial charge in [0.15, 0.2) is 0 Å². The molecule has 0 saturated carbocycles. The zero-order valence-electron chi connectivity index (χ0n) is 18.7. The Morgan fingerprint density at radius 2 is 1.94 bits per heavy atom. The standard InChI is InChI=1S/C24H25N9O/c1-2-21(34)28-17-5-6-19-20(11-17)30-24(32-8-3-4-9-32)31-22(19)33-10-7-18(15-33)29-23-26-13-16(12-25)14-27-23/h2,5-6,11,13-14,18H,1,3-4,7-10,15H2,(H,28,34)(H,26,27,29)/t18-/m1/s1. The Balaban J connectivity index is 1.43. The van der Waals surface area contributed by atoms with Crippen LogP contribution in [0.2, 0.25) is 0 Å². The molecule has 1 amide bonds. The molecule has 2 aliphatic heterocycles. The molecule has 1 aromatic carbocycles. The summed E-state index contributed by atoms with van der Waals surface area (Å²) in [6, 6.07) is 7.89. The highest BCUT2D eigenvalue weighted by Gasteiger charge is 2.27. The van der Waals surface area contributed by atoms with E-state index in [-0.39, 0.29) is 11.9 Å². The molecule has 0 spiro atoms. The molecular formula is C24H25N9O. The average molecular weight is 456 g/mol. The second kappa shape index (κ2) is 9.31. The first-order valence-corrected chi connectivity index (χ1v) is 11.4. The molecule has 10 nitrogen and oxygen atoms in total. The van der Waals surface area contributed by atoms with Crippen LogP contribution in [0.5, 0.6) is 0 Å². The number of benzene rings is 1. The first-order valence-electron chi connectivity index (χ1n) is 11.4. The number of hydrogen-bond acceptors (Lipinski definition) is 9. The molecule has 1 atom stereocenters. The lowest BCUT2D eigenvalue weighted by molar-refractivity contribution is -0.111. The predicted molar refractivity (Wildman–Crippen MR) is 131 cm³/mol. The SMILES string of the molecule is C=CC(=O)Nc1ccc2c(N3CC[C@@H](Nc4ncc(C#N)cn4)C3)nc(N3CCCC3)nc2c1. The number of nitrogens with one attached hydrogen (secondary N) is 2. The van der Waals surface area contributed by atoms with E-state index in [4.69, 9.17) is 15.2 Å². The van der Waals surface area contributed by atoms with Crippen molar-refractivity contribution >= 4 is 40.2 Å². The Morgan fingerprint density at radius 1 is 1.15 bits per heavy atom. The van der Waals surface area contributed by atoms with Crippen molar-refractivity contribution in [1.82, 2.24) is 19.9 Å². The minimum absolute atomic E-state index is 0.152. The highest BCUT2D eigenvalue weighted by Crippen LogP contribution is 2.32. The molecule has 2 N–H and O–H groups in total. The minimum Gasteiger partial charge on any atom is -0.354 e. The molecule has 0 bridgehead atoms. The van der Waals surface area contributed by atoms with Crippen LogP contribution in [0.3, 0.4) is 0 Å². The van der Waals surface area contributed by atoms with E-state index in [0.29, 0.717) is 17.2 Å². The Morgan fingerprint density at radius 3 is 2.68 bits per heavy atom. The maximum Gasteiger partial charge on any atom is 0.247 e. The third-order valence-electron chi connectivity index (χ3n) is 6.11. The van der Waals surface area contributed by atoms with Crippen LogP contribution in [-0.4, -0.2) is 58.1 Å². The second-order valence-electron chi connectivity index (χ2n) is 8.45. The Labute approximate surface area is 197 Å². The summed E-state index contributed by atoms with van der Waals surface area (Å²) in [5.41, 5.74) is 1.90. The summed E-state index contributed by atoms with van der Waals surface area (Å²) in [6.07, 6.45) is 7.45. The van der Waals surface area contributed by atoms with Gasteiger partial charge in [-0.15, -0.1) is 0 Å². The maximum absolute atomic E-state index is 11.8. The largest absolute Gasteiger partial charge is 0.354 e. The topological polar surface area (TPSA) is 123 Å². The highest BCUT2D eigenvalue weighted by atomic mass is 16.1. The van der Waals surface area contributed by atoms with Crippen molar-refractivity contribution in [3.8, 4) is 6.07 Å². The van der Waals surface area contributed by atoms with Gasteiger partial charge in [0.1, 0.15) is 11.9 Å². The number of aromatic nitrogens is 4. The Kier molecular flexibility index (Phi) is 5.91. The minimum atomic E-state index is -0.258. The summed E-state index contributed by atoms with van der Waals surface area (Å²) in [5.74, 6) is 1.86. The predicted octanol–water partition coefficient (Wildman–Crippen LogP) is 2.71. The number of carbonyl (C=O) groups is 1. The van der Waals surface area contributed by atoms with Crippen LogP contribution in [0.4, 0.5) is 23.4 Å².